The van der Waals surface area contributed by atoms with Crippen LogP contribution in [0.4, 0.5) is 0 Å². The van der Waals surface area contributed by atoms with E-state index in [4.69, 9.17) is 4.98 Å². The minimum atomic E-state index is -0.0470. The van der Waals surface area contributed by atoms with Crippen LogP contribution in [0.15, 0.2) is 24.5 Å². The maximum absolute atomic E-state index is 12.9. The fourth-order valence-electron chi connectivity index (χ4n) is 4.69. The number of carbonyl (C=O) groups excluding carboxylic acids is 1. The number of aromatic amines is 1. The van der Waals surface area contributed by atoms with Crippen molar-refractivity contribution in [3.63, 3.8) is 0 Å². The van der Waals surface area contributed by atoms with Crippen molar-refractivity contribution in [2.45, 2.75) is 45.6 Å². The first kappa shape index (κ1) is 18.2. The first-order valence-electron chi connectivity index (χ1n) is 10.0. The second-order valence-electron chi connectivity index (χ2n) is 8.31. The number of aromatic nitrogens is 3. The van der Waals surface area contributed by atoms with E-state index in [0.29, 0.717) is 11.6 Å². The minimum absolute atomic E-state index is 0.0435. The summed E-state index contributed by atoms with van der Waals surface area (Å²) in [6, 6.07) is 5.65. The lowest BCUT2D eigenvalue weighted by Crippen LogP contribution is -2.57. The Balaban J connectivity index is 1.56. The van der Waals surface area contributed by atoms with Crippen molar-refractivity contribution in [3.8, 4) is 0 Å². The third-order valence-electron chi connectivity index (χ3n) is 5.97. The minimum Gasteiger partial charge on any atom is -0.348 e. The van der Waals surface area contributed by atoms with Crippen LogP contribution in [0, 0.1) is 12.8 Å². The lowest BCUT2D eigenvalue weighted by Gasteiger charge is -2.51. The normalized spacial score (nSPS) is 19.5. The number of aryl methyl sites for hydroxylation is 1. The van der Waals surface area contributed by atoms with E-state index in [0.717, 1.165) is 51.1 Å². The molecule has 0 atom stereocenters. The molecule has 2 aliphatic heterocycles. The molecule has 1 N–H and O–H groups in total. The smallest absolute Gasteiger partial charge is 0.272 e. The largest absolute Gasteiger partial charge is 0.348 e. The van der Waals surface area contributed by atoms with Crippen LogP contribution in [-0.2, 0) is 12.0 Å². The Kier molecular flexibility index (Phi) is 4.76. The number of piperidine rings is 1. The van der Waals surface area contributed by atoms with Gasteiger partial charge in [0.2, 0.25) is 0 Å². The summed E-state index contributed by atoms with van der Waals surface area (Å²) >= 11 is 0. The maximum atomic E-state index is 12.9. The number of likely N-dealkylation sites (tertiary alicyclic amines) is 1. The summed E-state index contributed by atoms with van der Waals surface area (Å²) in [5.74, 6) is 0.653. The lowest BCUT2D eigenvalue weighted by molar-refractivity contribution is 0.000454. The molecule has 0 aliphatic carbocycles. The highest BCUT2D eigenvalue weighted by atomic mass is 16.2. The maximum Gasteiger partial charge on any atom is 0.272 e. The molecule has 1 fully saturated rings. The Morgan fingerprint density at radius 1 is 1.26 bits per heavy atom. The summed E-state index contributed by atoms with van der Waals surface area (Å²) in [6.45, 7) is 10.1. The molecule has 0 unspecified atom stereocenters. The molecule has 0 bridgehead atoms. The van der Waals surface area contributed by atoms with Crippen LogP contribution in [0.1, 0.15) is 54.3 Å². The van der Waals surface area contributed by atoms with Gasteiger partial charge in [-0.2, -0.15) is 0 Å². The van der Waals surface area contributed by atoms with Gasteiger partial charge in [0.25, 0.3) is 5.91 Å². The summed E-state index contributed by atoms with van der Waals surface area (Å²) < 4.78 is 0. The van der Waals surface area contributed by atoms with E-state index >= 15 is 0 Å². The number of pyridine rings is 1. The van der Waals surface area contributed by atoms with Gasteiger partial charge in [0.15, 0.2) is 0 Å². The van der Waals surface area contributed by atoms with Gasteiger partial charge in [-0.15, -0.1) is 0 Å². The van der Waals surface area contributed by atoms with E-state index in [1.54, 1.807) is 0 Å². The molecule has 1 spiro atoms. The molecular formula is C21H29N5O. The van der Waals surface area contributed by atoms with Crippen molar-refractivity contribution in [1.29, 1.82) is 0 Å². The van der Waals surface area contributed by atoms with Crippen LogP contribution in [0.5, 0.6) is 0 Å². The van der Waals surface area contributed by atoms with Gasteiger partial charge in [-0.25, -0.2) is 9.97 Å². The zero-order valence-electron chi connectivity index (χ0n) is 16.5. The fraction of sp³-hybridized carbons (Fsp3) is 0.571. The third kappa shape index (κ3) is 3.27. The summed E-state index contributed by atoms with van der Waals surface area (Å²) in [4.78, 5) is 30.0. The van der Waals surface area contributed by atoms with Gasteiger partial charge in [0.05, 0.1) is 17.6 Å². The topological polar surface area (TPSA) is 65.1 Å². The molecule has 144 valence electrons. The molecule has 6 heteroatoms. The molecule has 1 saturated heterocycles. The van der Waals surface area contributed by atoms with Gasteiger partial charge in [-0.1, -0.05) is 19.9 Å². The predicted octanol–water partition coefficient (Wildman–Crippen LogP) is 2.76. The van der Waals surface area contributed by atoms with E-state index in [-0.39, 0.29) is 11.4 Å². The number of carbonyl (C=O) groups is 1. The van der Waals surface area contributed by atoms with E-state index < -0.39 is 0 Å². The van der Waals surface area contributed by atoms with Crippen molar-refractivity contribution in [2.24, 2.45) is 5.92 Å². The summed E-state index contributed by atoms with van der Waals surface area (Å²) in [6.07, 6.45) is 4.71. The number of imidazole rings is 1. The molecule has 0 aromatic carbocycles. The van der Waals surface area contributed by atoms with E-state index in [2.05, 4.69) is 28.7 Å². The molecule has 6 nitrogen and oxygen atoms in total. The standard InChI is InChI=1S/C21H29N5O/c1-15(2)13-26-10-7-17-19(23-14-22-17)21(26)8-11-25(12-9-21)20(27)18-6-4-5-16(3)24-18/h4-6,14-15H,7-13H2,1-3H3,(H,22,23). The predicted molar refractivity (Wildman–Crippen MR) is 104 cm³/mol. The van der Waals surface area contributed by atoms with Gasteiger partial charge < -0.3 is 9.88 Å². The third-order valence-corrected chi connectivity index (χ3v) is 5.97. The first-order chi connectivity index (χ1) is 13.0. The number of hydrogen-bond donors (Lipinski definition) is 1. The Morgan fingerprint density at radius 2 is 2.04 bits per heavy atom. The van der Waals surface area contributed by atoms with Crippen LogP contribution in [0.25, 0.3) is 0 Å². The van der Waals surface area contributed by atoms with Crippen LogP contribution in [-0.4, -0.2) is 56.8 Å². The molecule has 0 radical (unpaired) electrons. The molecule has 0 saturated carbocycles. The van der Waals surface area contributed by atoms with Crippen LogP contribution < -0.4 is 0 Å². The highest BCUT2D eigenvalue weighted by Crippen LogP contribution is 2.42. The lowest BCUT2D eigenvalue weighted by atomic mass is 9.78. The molecule has 4 heterocycles. The molecule has 2 aromatic rings. The van der Waals surface area contributed by atoms with Crippen LogP contribution in [0.3, 0.4) is 0 Å². The molecule has 2 aliphatic rings. The second-order valence-corrected chi connectivity index (χ2v) is 8.31. The number of nitrogens with zero attached hydrogens (tertiary/aromatic N) is 4. The number of amides is 1. The number of nitrogens with one attached hydrogen (secondary N) is 1. The van der Waals surface area contributed by atoms with Gasteiger partial charge in [0, 0.05) is 44.0 Å². The number of H-pyrrole nitrogens is 1. The Hall–Kier alpha value is -2.21. The van der Waals surface area contributed by atoms with Crippen LogP contribution in [0.2, 0.25) is 0 Å². The second kappa shape index (κ2) is 7.08. The average Bonchev–Trinajstić information content (AvgIpc) is 3.14. The Labute approximate surface area is 161 Å². The molecule has 2 aromatic heterocycles. The van der Waals surface area contributed by atoms with E-state index in [1.165, 1.54) is 11.4 Å². The van der Waals surface area contributed by atoms with Gasteiger partial charge >= 0.3 is 0 Å². The molecule has 4 rings (SSSR count). The van der Waals surface area contributed by atoms with Crippen LogP contribution >= 0.6 is 0 Å². The number of hydrogen-bond acceptors (Lipinski definition) is 4. The van der Waals surface area contributed by atoms with Crippen molar-refractivity contribution in [3.05, 3.63) is 47.3 Å². The van der Waals surface area contributed by atoms with Crippen molar-refractivity contribution in [2.75, 3.05) is 26.2 Å². The number of fused-ring (bicyclic) bond motifs is 2. The zero-order chi connectivity index (χ0) is 19.0. The van der Waals surface area contributed by atoms with Gasteiger partial charge in [-0.05, 0) is 37.8 Å². The van der Waals surface area contributed by atoms with Gasteiger partial charge in [-0.3, -0.25) is 9.69 Å². The van der Waals surface area contributed by atoms with Crippen molar-refractivity contribution < 1.29 is 4.79 Å². The van der Waals surface area contributed by atoms with Crippen molar-refractivity contribution in [1.82, 2.24) is 24.8 Å². The first-order valence-corrected chi connectivity index (χ1v) is 10.0. The fourth-order valence-corrected chi connectivity index (χ4v) is 4.69. The van der Waals surface area contributed by atoms with E-state index in [9.17, 15) is 4.79 Å². The average molecular weight is 367 g/mol. The summed E-state index contributed by atoms with van der Waals surface area (Å²) in [5, 5.41) is 0. The van der Waals surface area contributed by atoms with Gasteiger partial charge in [0.1, 0.15) is 5.69 Å². The SMILES string of the molecule is Cc1cccc(C(=O)N2CCC3(CC2)c2nc[nH]c2CCN3CC(C)C)n1. The Morgan fingerprint density at radius 3 is 2.74 bits per heavy atom. The monoisotopic (exact) mass is 367 g/mol. The molecular weight excluding hydrogens is 338 g/mol. The van der Waals surface area contributed by atoms with E-state index in [1.807, 2.05) is 36.4 Å². The molecule has 27 heavy (non-hydrogen) atoms. The summed E-state index contributed by atoms with van der Waals surface area (Å²) in [7, 11) is 0. The summed E-state index contributed by atoms with van der Waals surface area (Å²) in [5.41, 5.74) is 3.86. The number of rotatable bonds is 3. The van der Waals surface area contributed by atoms with Crippen molar-refractivity contribution >= 4 is 5.91 Å². The molecule has 1 amide bonds. The quantitative estimate of drug-likeness (QED) is 0.906. The Bertz CT molecular complexity index is 819. The zero-order valence-corrected chi connectivity index (χ0v) is 16.5. The highest BCUT2D eigenvalue weighted by Gasteiger charge is 2.47. The highest BCUT2D eigenvalue weighted by molar-refractivity contribution is 5.92.